The Morgan fingerprint density at radius 2 is 1.93 bits per heavy atom. The number of nitrogens with zero attached hydrogens (tertiary/aromatic N) is 2. The summed E-state index contributed by atoms with van der Waals surface area (Å²) < 4.78 is 15.8. The van der Waals surface area contributed by atoms with Crippen LogP contribution < -0.4 is 5.43 Å². The van der Waals surface area contributed by atoms with Gasteiger partial charge in [-0.3, -0.25) is 4.79 Å². The first-order valence-electron chi connectivity index (χ1n) is 8.56. The van der Waals surface area contributed by atoms with Crippen LogP contribution in [0.5, 0.6) is 0 Å². The Morgan fingerprint density at radius 1 is 1.21 bits per heavy atom. The first-order valence-corrected chi connectivity index (χ1v) is 9.73. The van der Waals surface area contributed by atoms with Gasteiger partial charge in [0, 0.05) is 27.1 Å². The maximum Gasteiger partial charge on any atom is 0.244 e. The van der Waals surface area contributed by atoms with E-state index in [-0.39, 0.29) is 18.1 Å². The molecule has 1 amide bonds. The van der Waals surface area contributed by atoms with Crippen LogP contribution in [0.4, 0.5) is 4.39 Å². The zero-order valence-electron chi connectivity index (χ0n) is 15.3. The van der Waals surface area contributed by atoms with Crippen LogP contribution in [0.2, 0.25) is 5.02 Å². The summed E-state index contributed by atoms with van der Waals surface area (Å²) >= 11 is 9.61. The number of hydrogen-bond donors (Lipinski definition) is 1. The van der Waals surface area contributed by atoms with E-state index in [0.717, 1.165) is 32.7 Å². The average molecular weight is 463 g/mol. The fourth-order valence-corrected chi connectivity index (χ4v) is 3.36. The largest absolute Gasteiger partial charge is 0.318 e. The lowest BCUT2D eigenvalue weighted by molar-refractivity contribution is -0.120. The molecular formula is C21H18BrClFN3O. The number of carbonyl (C=O) groups is 1. The number of carbonyl (C=O) groups excluding carboxylic acids is 1. The number of nitrogens with one attached hydrogen (secondary N) is 1. The molecule has 7 heteroatoms. The van der Waals surface area contributed by atoms with Crippen molar-refractivity contribution in [3.05, 3.63) is 86.4 Å². The maximum atomic E-state index is 12.9. The van der Waals surface area contributed by atoms with E-state index in [1.165, 1.54) is 12.1 Å². The first kappa shape index (κ1) is 20.3. The van der Waals surface area contributed by atoms with E-state index in [4.69, 9.17) is 11.6 Å². The minimum absolute atomic E-state index is 0.133. The second kappa shape index (κ2) is 8.71. The molecule has 4 nitrogen and oxygen atoms in total. The second-order valence-electron chi connectivity index (χ2n) is 6.36. The van der Waals surface area contributed by atoms with Gasteiger partial charge in [-0.25, -0.2) is 9.82 Å². The Labute approximate surface area is 176 Å². The highest BCUT2D eigenvalue weighted by molar-refractivity contribution is 9.10. The molecule has 3 rings (SSSR count). The van der Waals surface area contributed by atoms with Gasteiger partial charge in [0.25, 0.3) is 0 Å². The van der Waals surface area contributed by atoms with Crippen molar-refractivity contribution in [1.82, 2.24) is 9.99 Å². The number of benzene rings is 2. The summed E-state index contributed by atoms with van der Waals surface area (Å²) in [7, 11) is 0. The zero-order chi connectivity index (χ0) is 20.3. The number of aromatic nitrogens is 1. The molecule has 0 spiro atoms. The normalized spacial score (nSPS) is 11.2. The summed E-state index contributed by atoms with van der Waals surface area (Å²) in [4.78, 5) is 12.0. The van der Waals surface area contributed by atoms with Crippen molar-refractivity contribution in [2.24, 2.45) is 5.10 Å². The number of hydrogen-bond acceptors (Lipinski definition) is 2. The molecule has 1 heterocycles. The highest BCUT2D eigenvalue weighted by Crippen LogP contribution is 2.27. The molecule has 0 aliphatic carbocycles. The molecule has 0 atom stereocenters. The van der Waals surface area contributed by atoms with Gasteiger partial charge < -0.3 is 4.57 Å². The number of aryl methyl sites for hydroxylation is 1. The lowest BCUT2D eigenvalue weighted by atomic mass is 10.1. The van der Waals surface area contributed by atoms with Crippen molar-refractivity contribution in [2.45, 2.75) is 20.3 Å². The van der Waals surface area contributed by atoms with Gasteiger partial charge in [-0.15, -0.1) is 0 Å². The van der Waals surface area contributed by atoms with E-state index in [1.807, 2.05) is 38.1 Å². The summed E-state index contributed by atoms with van der Waals surface area (Å²) in [6.45, 7) is 3.97. The predicted octanol–water partition coefficient (Wildman–Crippen LogP) is 5.34. The summed E-state index contributed by atoms with van der Waals surface area (Å²) in [6, 6.07) is 13.6. The topological polar surface area (TPSA) is 46.4 Å². The molecule has 0 aliphatic heterocycles. The van der Waals surface area contributed by atoms with Crippen molar-refractivity contribution in [3.8, 4) is 5.69 Å². The summed E-state index contributed by atoms with van der Waals surface area (Å²) in [5.74, 6) is -0.596. The predicted molar refractivity (Wildman–Crippen MR) is 114 cm³/mol. The molecule has 3 aromatic rings. The SMILES string of the molecule is Cc1cc(/C=N/NC(=O)Cc2ccc(F)cc2)c(C)n1-c1ccc(Br)c(Cl)c1. The van der Waals surface area contributed by atoms with E-state index in [0.29, 0.717) is 5.02 Å². The molecule has 0 radical (unpaired) electrons. The lowest BCUT2D eigenvalue weighted by Crippen LogP contribution is -2.19. The third kappa shape index (κ3) is 4.69. The number of rotatable bonds is 5. The molecular weight excluding hydrogens is 445 g/mol. The molecule has 0 fully saturated rings. The quantitative estimate of drug-likeness (QED) is 0.404. The highest BCUT2D eigenvalue weighted by atomic mass is 79.9. The van der Waals surface area contributed by atoms with Crippen molar-refractivity contribution in [2.75, 3.05) is 0 Å². The van der Waals surface area contributed by atoms with Crippen LogP contribution in [0.3, 0.4) is 0 Å². The smallest absolute Gasteiger partial charge is 0.244 e. The van der Waals surface area contributed by atoms with Crippen LogP contribution in [0.25, 0.3) is 5.69 Å². The third-order valence-electron chi connectivity index (χ3n) is 4.30. The van der Waals surface area contributed by atoms with E-state index in [2.05, 4.69) is 31.0 Å². The van der Waals surface area contributed by atoms with Gasteiger partial charge in [0.15, 0.2) is 0 Å². The van der Waals surface area contributed by atoms with Crippen LogP contribution in [-0.4, -0.2) is 16.7 Å². The van der Waals surface area contributed by atoms with Gasteiger partial charge in [0.05, 0.1) is 17.7 Å². The first-order chi connectivity index (χ1) is 13.3. The fraction of sp³-hybridized carbons (Fsp3) is 0.143. The lowest BCUT2D eigenvalue weighted by Gasteiger charge is -2.10. The van der Waals surface area contributed by atoms with Gasteiger partial charge in [-0.1, -0.05) is 23.7 Å². The van der Waals surface area contributed by atoms with Crippen LogP contribution >= 0.6 is 27.5 Å². The number of amides is 1. The Balaban J connectivity index is 1.71. The van der Waals surface area contributed by atoms with Crippen molar-refractivity contribution >= 4 is 39.7 Å². The van der Waals surface area contributed by atoms with E-state index < -0.39 is 0 Å². The van der Waals surface area contributed by atoms with Crippen molar-refractivity contribution in [3.63, 3.8) is 0 Å². The Kier molecular flexibility index (Phi) is 6.31. The minimum Gasteiger partial charge on any atom is -0.318 e. The molecule has 0 aliphatic rings. The Hall–Kier alpha value is -2.44. The summed E-state index contributed by atoms with van der Waals surface area (Å²) in [5, 5.41) is 4.68. The molecule has 144 valence electrons. The van der Waals surface area contributed by atoms with E-state index >= 15 is 0 Å². The molecule has 28 heavy (non-hydrogen) atoms. The molecule has 1 N–H and O–H groups in total. The van der Waals surface area contributed by atoms with Crippen LogP contribution in [-0.2, 0) is 11.2 Å². The maximum absolute atomic E-state index is 12.9. The van der Waals surface area contributed by atoms with E-state index in [9.17, 15) is 9.18 Å². The van der Waals surface area contributed by atoms with Gasteiger partial charge in [-0.2, -0.15) is 5.10 Å². The van der Waals surface area contributed by atoms with Crippen molar-refractivity contribution in [1.29, 1.82) is 0 Å². The molecule has 0 saturated heterocycles. The average Bonchev–Trinajstić information content (AvgIpc) is 2.93. The molecule has 0 saturated carbocycles. The Bertz CT molecular complexity index is 1040. The number of halogens is 3. The minimum atomic E-state index is -0.329. The summed E-state index contributed by atoms with van der Waals surface area (Å²) in [5.41, 5.74) is 7.07. The second-order valence-corrected chi connectivity index (χ2v) is 7.62. The molecule has 2 aromatic carbocycles. The standard InChI is InChI=1S/C21H18BrClFN3O/c1-13-9-16(14(2)27(13)18-7-8-19(22)20(23)11-18)12-25-26-21(28)10-15-3-5-17(24)6-4-15/h3-9,11-12H,10H2,1-2H3,(H,26,28)/b25-12+. The third-order valence-corrected chi connectivity index (χ3v) is 5.53. The molecule has 0 unspecified atom stereocenters. The van der Waals surface area contributed by atoms with Gasteiger partial charge in [0.1, 0.15) is 5.82 Å². The van der Waals surface area contributed by atoms with E-state index in [1.54, 1.807) is 18.3 Å². The molecule has 1 aromatic heterocycles. The monoisotopic (exact) mass is 461 g/mol. The van der Waals surface area contributed by atoms with Gasteiger partial charge in [0.2, 0.25) is 5.91 Å². The summed E-state index contributed by atoms with van der Waals surface area (Å²) in [6.07, 6.45) is 1.75. The van der Waals surface area contributed by atoms with Gasteiger partial charge >= 0.3 is 0 Å². The van der Waals surface area contributed by atoms with Crippen molar-refractivity contribution < 1.29 is 9.18 Å². The van der Waals surface area contributed by atoms with Crippen LogP contribution in [0, 0.1) is 19.7 Å². The number of hydrazone groups is 1. The van der Waals surface area contributed by atoms with Crippen LogP contribution in [0.15, 0.2) is 58.1 Å². The Morgan fingerprint density at radius 3 is 2.61 bits per heavy atom. The van der Waals surface area contributed by atoms with Crippen LogP contribution in [0.1, 0.15) is 22.5 Å². The molecule has 0 bridgehead atoms. The van der Waals surface area contributed by atoms with Gasteiger partial charge in [-0.05, 0) is 71.7 Å². The zero-order valence-corrected chi connectivity index (χ0v) is 17.7. The fourth-order valence-electron chi connectivity index (χ4n) is 2.94. The highest BCUT2D eigenvalue weighted by Gasteiger charge is 2.11.